The highest BCUT2D eigenvalue weighted by Crippen LogP contribution is 2.44. The van der Waals surface area contributed by atoms with Crippen molar-refractivity contribution in [3.05, 3.63) is 41.8 Å². The maximum Gasteiger partial charge on any atom is 0.352 e. The molecule has 1 aromatic heterocycles. The van der Waals surface area contributed by atoms with Crippen LogP contribution in [-0.4, -0.2) is 27.5 Å². The number of aromatic nitrogens is 1. The molecule has 0 atom stereocenters. The van der Waals surface area contributed by atoms with E-state index in [1.807, 2.05) is 31.2 Å². The largest absolute Gasteiger partial charge is 0.444 e. The van der Waals surface area contributed by atoms with Crippen molar-refractivity contribution in [3.63, 3.8) is 0 Å². The van der Waals surface area contributed by atoms with Gasteiger partial charge < -0.3 is 14.8 Å². The molecule has 1 aromatic carbocycles. The van der Waals surface area contributed by atoms with E-state index in [0.717, 1.165) is 11.1 Å². The van der Waals surface area contributed by atoms with Crippen molar-refractivity contribution < 1.29 is 23.1 Å². The lowest BCUT2D eigenvalue weighted by molar-refractivity contribution is -0.216. The first kappa shape index (κ1) is 16.6. The van der Waals surface area contributed by atoms with Crippen LogP contribution in [0.3, 0.4) is 0 Å². The van der Waals surface area contributed by atoms with Crippen molar-refractivity contribution in [2.24, 2.45) is 0 Å². The molecule has 1 aliphatic carbocycles. The Morgan fingerprint density at radius 2 is 2.04 bits per heavy atom. The summed E-state index contributed by atoms with van der Waals surface area (Å²) in [6.07, 6.45) is 1.65. The van der Waals surface area contributed by atoms with Gasteiger partial charge in [-0.3, -0.25) is 4.79 Å². The summed E-state index contributed by atoms with van der Waals surface area (Å²) >= 11 is 0. The molecule has 0 radical (unpaired) electrons. The van der Waals surface area contributed by atoms with E-state index in [0.29, 0.717) is 18.0 Å². The van der Waals surface area contributed by atoms with E-state index in [9.17, 15) is 18.7 Å². The summed E-state index contributed by atoms with van der Waals surface area (Å²) in [4.78, 5) is 15.9. The summed E-state index contributed by atoms with van der Waals surface area (Å²) in [7, 11) is 0. The summed E-state index contributed by atoms with van der Waals surface area (Å²) in [6, 6.07) is 7.48. The lowest BCUT2D eigenvalue weighted by Gasteiger charge is -2.41. The molecule has 0 spiro atoms. The van der Waals surface area contributed by atoms with Crippen molar-refractivity contribution >= 4 is 5.91 Å². The number of amides is 1. The number of nitrogens with zero attached hydrogens (tertiary/aromatic N) is 1. The smallest absolute Gasteiger partial charge is 0.352 e. The summed E-state index contributed by atoms with van der Waals surface area (Å²) in [5.41, 5.74) is -0.0508. The number of benzene rings is 1. The molecular weight excluding hydrogens is 318 g/mol. The number of aliphatic hydroxyl groups is 1. The second-order valence-corrected chi connectivity index (χ2v) is 6.15. The molecule has 5 nitrogen and oxygen atoms in total. The van der Waals surface area contributed by atoms with E-state index in [1.54, 1.807) is 0 Å². The standard InChI is InChI=1S/C17H18F2N2O3/c1-11-3-5-12(6-4-11)14-21-13(10-24-14)9-20-15(22)17(18,19)16(23)7-2-8-16/h3-6,10,23H,2,7-9H2,1H3,(H,20,22). The first-order valence-electron chi connectivity index (χ1n) is 7.72. The molecule has 0 saturated heterocycles. The zero-order valence-corrected chi connectivity index (χ0v) is 13.2. The average molecular weight is 336 g/mol. The van der Waals surface area contributed by atoms with Gasteiger partial charge in [-0.05, 0) is 38.3 Å². The van der Waals surface area contributed by atoms with Crippen LogP contribution in [0.2, 0.25) is 0 Å². The van der Waals surface area contributed by atoms with Gasteiger partial charge in [-0.25, -0.2) is 4.98 Å². The fourth-order valence-corrected chi connectivity index (χ4v) is 2.54. The molecule has 24 heavy (non-hydrogen) atoms. The molecule has 1 saturated carbocycles. The third-order valence-corrected chi connectivity index (χ3v) is 4.33. The van der Waals surface area contributed by atoms with Gasteiger partial charge >= 0.3 is 5.92 Å². The van der Waals surface area contributed by atoms with Crippen molar-refractivity contribution in [1.82, 2.24) is 10.3 Å². The summed E-state index contributed by atoms with van der Waals surface area (Å²) in [5.74, 6) is -4.96. The molecule has 0 unspecified atom stereocenters. The minimum atomic E-state index is -3.81. The number of rotatable bonds is 5. The molecular formula is C17H18F2N2O3. The van der Waals surface area contributed by atoms with E-state index < -0.39 is 17.4 Å². The third kappa shape index (κ3) is 2.91. The Morgan fingerprint density at radius 1 is 1.38 bits per heavy atom. The Hall–Kier alpha value is -2.28. The van der Waals surface area contributed by atoms with Gasteiger partial charge in [-0.1, -0.05) is 17.7 Å². The summed E-state index contributed by atoms with van der Waals surface area (Å²) in [5, 5.41) is 11.9. The Morgan fingerprint density at radius 3 is 2.62 bits per heavy atom. The van der Waals surface area contributed by atoms with Crippen LogP contribution in [0, 0.1) is 6.92 Å². The molecule has 1 amide bonds. The quantitative estimate of drug-likeness (QED) is 0.880. The monoisotopic (exact) mass is 336 g/mol. The molecule has 1 heterocycles. The normalized spacial score (nSPS) is 16.5. The first-order chi connectivity index (χ1) is 11.3. The van der Waals surface area contributed by atoms with Gasteiger partial charge in [0, 0.05) is 5.56 Å². The molecule has 1 aliphatic rings. The van der Waals surface area contributed by atoms with Crippen LogP contribution in [0.5, 0.6) is 0 Å². The highest BCUT2D eigenvalue weighted by Gasteiger charge is 2.61. The number of hydrogen-bond acceptors (Lipinski definition) is 4. The van der Waals surface area contributed by atoms with Crippen LogP contribution in [0.25, 0.3) is 11.5 Å². The Kier molecular flexibility index (Phi) is 4.13. The van der Waals surface area contributed by atoms with E-state index in [1.165, 1.54) is 6.26 Å². The number of aryl methyl sites for hydroxylation is 1. The Balaban J connectivity index is 1.63. The van der Waals surface area contributed by atoms with Gasteiger partial charge in [0.15, 0.2) is 0 Å². The Bertz CT molecular complexity index is 737. The van der Waals surface area contributed by atoms with Crippen molar-refractivity contribution in [2.45, 2.75) is 44.3 Å². The lowest BCUT2D eigenvalue weighted by Crippen LogP contribution is -2.60. The summed E-state index contributed by atoms with van der Waals surface area (Å²) in [6.45, 7) is 1.76. The molecule has 2 aromatic rings. The number of carbonyl (C=O) groups is 1. The van der Waals surface area contributed by atoms with E-state index in [-0.39, 0.29) is 19.4 Å². The molecule has 1 fully saturated rings. The molecule has 128 valence electrons. The number of oxazole rings is 1. The van der Waals surface area contributed by atoms with Crippen LogP contribution >= 0.6 is 0 Å². The minimum Gasteiger partial charge on any atom is -0.444 e. The predicted octanol–water partition coefficient (Wildman–Crippen LogP) is 2.82. The average Bonchev–Trinajstić information content (AvgIpc) is 2.99. The first-order valence-corrected chi connectivity index (χ1v) is 7.72. The van der Waals surface area contributed by atoms with Gasteiger partial charge in [-0.15, -0.1) is 0 Å². The number of hydrogen-bond donors (Lipinski definition) is 2. The van der Waals surface area contributed by atoms with Crippen LogP contribution in [0.15, 0.2) is 34.9 Å². The zero-order valence-electron chi connectivity index (χ0n) is 13.2. The van der Waals surface area contributed by atoms with Gasteiger partial charge in [0.25, 0.3) is 5.91 Å². The number of alkyl halides is 2. The fourth-order valence-electron chi connectivity index (χ4n) is 2.54. The number of nitrogens with one attached hydrogen (secondary N) is 1. The second kappa shape index (κ2) is 5.98. The molecule has 7 heteroatoms. The van der Waals surface area contributed by atoms with Crippen molar-refractivity contribution in [1.29, 1.82) is 0 Å². The second-order valence-electron chi connectivity index (χ2n) is 6.15. The van der Waals surface area contributed by atoms with Crippen molar-refractivity contribution in [2.75, 3.05) is 0 Å². The van der Waals surface area contributed by atoms with E-state index in [4.69, 9.17) is 4.42 Å². The maximum atomic E-state index is 14.0. The van der Waals surface area contributed by atoms with Crippen LogP contribution < -0.4 is 5.32 Å². The molecule has 0 bridgehead atoms. The third-order valence-electron chi connectivity index (χ3n) is 4.33. The van der Waals surface area contributed by atoms with Gasteiger partial charge in [0.1, 0.15) is 11.9 Å². The Labute approximate surface area is 137 Å². The van der Waals surface area contributed by atoms with Crippen LogP contribution in [0.1, 0.15) is 30.5 Å². The highest BCUT2D eigenvalue weighted by atomic mass is 19.3. The minimum absolute atomic E-state index is 0.0745. The SMILES string of the molecule is Cc1ccc(-c2nc(CNC(=O)C(F)(F)C3(O)CCC3)co2)cc1. The number of carbonyl (C=O) groups excluding carboxylic acids is 1. The van der Waals surface area contributed by atoms with Crippen LogP contribution in [-0.2, 0) is 11.3 Å². The van der Waals surface area contributed by atoms with Crippen molar-refractivity contribution in [3.8, 4) is 11.5 Å². The topological polar surface area (TPSA) is 75.4 Å². The number of halogens is 2. The van der Waals surface area contributed by atoms with Gasteiger partial charge in [-0.2, -0.15) is 8.78 Å². The summed E-state index contributed by atoms with van der Waals surface area (Å²) < 4.78 is 33.2. The zero-order chi connectivity index (χ0) is 17.4. The van der Waals surface area contributed by atoms with Gasteiger partial charge in [0.2, 0.25) is 5.89 Å². The predicted molar refractivity (Wildman–Crippen MR) is 82.3 cm³/mol. The van der Waals surface area contributed by atoms with Gasteiger partial charge in [0.05, 0.1) is 12.2 Å². The molecule has 3 rings (SSSR count). The van der Waals surface area contributed by atoms with Crippen LogP contribution in [0.4, 0.5) is 8.78 Å². The highest BCUT2D eigenvalue weighted by molar-refractivity contribution is 5.85. The fraction of sp³-hybridized carbons (Fsp3) is 0.412. The van der Waals surface area contributed by atoms with E-state index >= 15 is 0 Å². The van der Waals surface area contributed by atoms with E-state index in [2.05, 4.69) is 10.3 Å². The maximum absolute atomic E-state index is 14.0. The molecule has 0 aliphatic heterocycles. The lowest BCUT2D eigenvalue weighted by atomic mass is 9.75. The molecule has 2 N–H and O–H groups in total.